The fourth-order valence-electron chi connectivity index (χ4n) is 4.19. The molecule has 3 aromatic rings. The highest BCUT2D eigenvalue weighted by atomic mass is 35.5. The summed E-state index contributed by atoms with van der Waals surface area (Å²) in [6.07, 6.45) is 8.29. The minimum Gasteiger partial charge on any atom is -0.497 e. The van der Waals surface area contributed by atoms with Crippen LogP contribution in [0.3, 0.4) is 0 Å². The lowest BCUT2D eigenvalue weighted by atomic mass is 9.90. The molecular weight excluding hydrogens is 493 g/mol. The predicted octanol–water partition coefficient (Wildman–Crippen LogP) is 6.12. The first-order chi connectivity index (χ1) is 15.5. The molecule has 0 aliphatic heterocycles. The van der Waals surface area contributed by atoms with Crippen LogP contribution in [0.4, 0.5) is 5.69 Å². The monoisotopic (exact) mass is 521 g/mol. The Morgan fingerprint density at radius 1 is 1.06 bits per heavy atom. The second-order valence-corrected chi connectivity index (χ2v) is 8.50. The van der Waals surface area contributed by atoms with Gasteiger partial charge in [-0.05, 0) is 60.9 Å². The van der Waals surface area contributed by atoms with E-state index in [0.717, 1.165) is 59.3 Å². The lowest BCUT2D eigenvalue weighted by Gasteiger charge is -2.34. The molecule has 0 spiro atoms. The number of nitrogens with one attached hydrogen (secondary N) is 3. The molecule has 1 aliphatic carbocycles. The van der Waals surface area contributed by atoms with E-state index in [1.807, 2.05) is 54.6 Å². The number of anilines is 1. The van der Waals surface area contributed by atoms with Crippen molar-refractivity contribution < 1.29 is 4.74 Å². The fourth-order valence-corrected chi connectivity index (χ4v) is 4.31. The number of methoxy groups -OCH3 is 1. The van der Waals surface area contributed by atoms with Crippen LogP contribution in [-0.2, 0) is 0 Å². The van der Waals surface area contributed by atoms with Crippen molar-refractivity contribution in [2.75, 3.05) is 12.4 Å². The zero-order valence-electron chi connectivity index (χ0n) is 18.9. The van der Waals surface area contributed by atoms with Gasteiger partial charge in [0.05, 0.1) is 18.3 Å². The van der Waals surface area contributed by atoms with Crippen molar-refractivity contribution in [3.8, 4) is 5.75 Å². The minimum absolute atomic E-state index is 0. The number of halogens is 3. The molecule has 1 fully saturated rings. The highest BCUT2D eigenvalue weighted by molar-refractivity contribution is 6.30. The third-order valence-electron chi connectivity index (χ3n) is 5.80. The Morgan fingerprint density at radius 2 is 1.76 bits per heavy atom. The van der Waals surface area contributed by atoms with Gasteiger partial charge in [-0.25, -0.2) is 4.98 Å². The van der Waals surface area contributed by atoms with Crippen LogP contribution in [0, 0.1) is 5.41 Å². The smallest absolute Gasteiger partial charge is 0.185 e. The van der Waals surface area contributed by atoms with Gasteiger partial charge >= 0.3 is 0 Å². The molecule has 1 saturated carbocycles. The molecule has 0 unspecified atom stereocenters. The normalized spacial score (nSPS) is 17.5. The number of rotatable bonds is 6. The van der Waals surface area contributed by atoms with E-state index in [4.69, 9.17) is 32.5 Å². The maximum absolute atomic E-state index is 7.66. The van der Waals surface area contributed by atoms with Crippen LogP contribution in [0.15, 0.2) is 48.5 Å². The summed E-state index contributed by atoms with van der Waals surface area (Å²) >= 11 is 5.99. The maximum Gasteiger partial charge on any atom is 0.185 e. The second kappa shape index (κ2) is 12.7. The van der Waals surface area contributed by atoms with Gasteiger partial charge in [-0.2, -0.15) is 0 Å². The molecule has 5 N–H and O–H groups in total. The Labute approximate surface area is 217 Å². The summed E-state index contributed by atoms with van der Waals surface area (Å²) < 4.78 is 5.45. The Bertz CT molecular complexity index is 1140. The van der Waals surface area contributed by atoms with Gasteiger partial charge in [-0.1, -0.05) is 42.7 Å². The summed E-state index contributed by atoms with van der Waals surface area (Å²) in [6.45, 7) is 0. The van der Waals surface area contributed by atoms with Crippen LogP contribution >= 0.6 is 36.4 Å². The minimum atomic E-state index is 0. The Hall–Kier alpha value is -2.67. The lowest BCUT2D eigenvalue weighted by molar-refractivity contribution is 0.377. The molecule has 0 amide bonds. The third-order valence-corrected chi connectivity index (χ3v) is 6.05. The number of hydrogen-bond donors (Lipinski definition) is 4. The van der Waals surface area contributed by atoms with E-state index in [2.05, 4.69) is 16.7 Å². The van der Waals surface area contributed by atoms with E-state index in [1.54, 1.807) is 7.11 Å². The molecule has 1 aliphatic rings. The van der Waals surface area contributed by atoms with Crippen LogP contribution in [0.2, 0.25) is 5.02 Å². The Kier molecular flexibility index (Phi) is 10.3. The van der Waals surface area contributed by atoms with Gasteiger partial charge in [0.2, 0.25) is 0 Å². The number of nitrogens with two attached hydrogens (primary N) is 1. The highest BCUT2D eigenvalue weighted by Gasteiger charge is 2.26. The second-order valence-electron chi connectivity index (χ2n) is 8.06. The molecule has 182 valence electrons. The molecule has 0 bridgehead atoms. The molecule has 0 radical (unpaired) electrons. The molecule has 2 atom stereocenters. The number of fused-ring (bicyclic) bond motifs is 1. The van der Waals surface area contributed by atoms with E-state index in [-0.39, 0.29) is 42.9 Å². The number of ether oxygens (including phenoxy) is 1. The van der Waals surface area contributed by atoms with E-state index in [1.165, 1.54) is 0 Å². The van der Waals surface area contributed by atoms with Crippen LogP contribution in [0.25, 0.3) is 23.1 Å². The molecule has 1 heterocycles. The van der Waals surface area contributed by atoms with Gasteiger partial charge < -0.3 is 21.1 Å². The van der Waals surface area contributed by atoms with Gasteiger partial charge in [0.25, 0.3) is 0 Å². The topological polar surface area (TPSA) is 96.0 Å². The van der Waals surface area contributed by atoms with Crippen molar-refractivity contribution in [2.45, 2.75) is 37.8 Å². The van der Waals surface area contributed by atoms with Crippen molar-refractivity contribution >= 4 is 71.1 Å². The maximum atomic E-state index is 7.66. The predicted molar refractivity (Wildman–Crippen MR) is 148 cm³/mol. The van der Waals surface area contributed by atoms with Crippen LogP contribution < -0.4 is 21.1 Å². The van der Waals surface area contributed by atoms with Gasteiger partial charge in [0.1, 0.15) is 5.75 Å². The number of hydrogen-bond acceptors (Lipinski definition) is 4. The average molecular weight is 523 g/mol. The number of aromatic nitrogens is 1. The molecule has 34 heavy (non-hydrogen) atoms. The largest absolute Gasteiger partial charge is 0.497 e. The molecule has 2 aromatic carbocycles. The molecule has 6 nitrogen and oxygen atoms in total. The summed E-state index contributed by atoms with van der Waals surface area (Å²) in [5, 5.41) is 16.2. The van der Waals surface area contributed by atoms with E-state index in [0.29, 0.717) is 5.02 Å². The van der Waals surface area contributed by atoms with Gasteiger partial charge in [-0.15, -0.1) is 24.8 Å². The van der Waals surface area contributed by atoms with Crippen molar-refractivity contribution in [2.24, 2.45) is 5.73 Å². The average Bonchev–Trinajstić information content (AvgIpc) is 2.79. The highest BCUT2D eigenvalue weighted by Crippen LogP contribution is 2.31. The summed E-state index contributed by atoms with van der Waals surface area (Å²) in [4.78, 5) is 4.83. The van der Waals surface area contributed by atoms with Crippen molar-refractivity contribution in [1.29, 1.82) is 5.41 Å². The Balaban J connectivity index is 0.00000204. The lowest BCUT2D eigenvalue weighted by Crippen LogP contribution is -2.50. The van der Waals surface area contributed by atoms with Gasteiger partial charge in [-0.3, -0.25) is 5.41 Å². The van der Waals surface area contributed by atoms with Crippen molar-refractivity contribution in [3.63, 3.8) is 0 Å². The van der Waals surface area contributed by atoms with Crippen LogP contribution in [-0.4, -0.2) is 30.1 Å². The quantitative estimate of drug-likeness (QED) is 0.231. The molecule has 4 rings (SSSR count). The van der Waals surface area contributed by atoms with Crippen LogP contribution in [0.1, 0.15) is 36.9 Å². The Morgan fingerprint density at radius 3 is 2.44 bits per heavy atom. The SMILES string of the molecule is COc1ccc2nc(C=Cc3ccc(Cl)cc3)cc(N[C@H]3CCCC[C@H]3NC(=N)N)c2c1.Cl.Cl. The van der Waals surface area contributed by atoms with E-state index >= 15 is 0 Å². The summed E-state index contributed by atoms with van der Waals surface area (Å²) in [6, 6.07) is 16.0. The summed E-state index contributed by atoms with van der Waals surface area (Å²) in [5.74, 6) is 0.797. The first-order valence-corrected chi connectivity index (χ1v) is 11.2. The van der Waals surface area contributed by atoms with E-state index < -0.39 is 0 Å². The fraction of sp³-hybridized carbons (Fsp3) is 0.280. The number of nitrogens with zero attached hydrogens (tertiary/aromatic N) is 1. The molecule has 0 saturated heterocycles. The summed E-state index contributed by atoms with van der Waals surface area (Å²) in [5.41, 5.74) is 9.42. The standard InChI is InChI=1S/C25H28ClN5O.2ClH/c1-32-19-12-13-21-20(15-19)24(30-22-4-2-3-5-23(22)31-25(27)28)14-18(29-21)11-8-16-6-9-17(26)10-7-16;;/h6-15,22-23H,2-5H2,1H3,(H,29,30)(H4,27,28,31);2*1H/t22-,23+;;/m0../s1. The van der Waals surface area contributed by atoms with Gasteiger partial charge in [0, 0.05) is 28.2 Å². The van der Waals surface area contributed by atoms with Gasteiger partial charge in [0.15, 0.2) is 5.96 Å². The molecule has 9 heteroatoms. The van der Waals surface area contributed by atoms with Crippen molar-refractivity contribution in [3.05, 3.63) is 64.8 Å². The zero-order chi connectivity index (χ0) is 22.5. The van der Waals surface area contributed by atoms with Crippen LogP contribution in [0.5, 0.6) is 5.75 Å². The summed E-state index contributed by atoms with van der Waals surface area (Å²) in [7, 11) is 1.67. The number of guanidine groups is 1. The third kappa shape index (κ3) is 6.92. The first kappa shape index (κ1) is 27.6. The first-order valence-electron chi connectivity index (χ1n) is 10.8. The number of benzene rings is 2. The zero-order valence-corrected chi connectivity index (χ0v) is 21.3. The number of pyridine rings is 1. The molecular formula is C25H30Cl3N5O. The van der Waals surface area contributed by atoms with Crippen molar-refractivity contribution in [1.82, 2.24) is 10.3 Å². The van der Waals surface area contributed by atoms with E-state index in [9.17, 15) is 0 Å². The molecule has 1 aromatic heterocycles.